The lowest BCUT2D eigenvalue weighted by Gasteiger charge is -2.21. The van der Waals surface area contributed by atoms with Gasteiger partial charge in [-0.1, -0.05) is 18.2 Å². The fraction of sp³-hybridized carbons (Fsp3) is 0.348. The number of methoxy groups -OCH3 is 1. The van der Waals surface area contributed by atoms with Crippen LogP contribution >= 0.6 is 0 Å². The SMILES string of the molecule is COc1ccc(CC[C@]2(C)NC(=O)N(CC(=O)Nc3ccc(C)c(C)c3)C2=O)cc1. The normalized spacial score (nSPS) is 18.3. The number of hydrogen-bond acceptors (Lipinski definition) is 4. The molecule has 0 spiro atoms. The van der Waals surface area contributed by atoms with E-state index in [2.05, 4.69) is 10.6 Å². The Labute approximate surface area is 176 Å². The first-order valence-electron chi connectivity index (χ1n) is 9.86. The maximum Gasteiger partial charge on any atom is 0.325 e. The lowest BCUT2D eigenvalue weighted by molar-refractivity contribution is -0.133. The molecule has 0 radical (unpaired) electrons. The summed E-state index contributed by atoms with van der Waals surface area (Å²) in [6, 6.07) is 12.6. The highest BCUT2D eigenvalue weighted by Gasteiger charge is 2.47. The first-order chi connectivity index (χ1) is 14.2. The largest absolute Gasteiger partial charge is 0.497 e. The van der Waals surface area contributed by atoms with Crippen LogP contribution in [0.25, 0.3) is 0 Å². The maximum atomic E-state index is 12.9. The van der Waals surface area contributed by atoms with Crippen LogP contribution in [0.1, 0.15) is 30.0 Å². The molecule has 2 aromatic carbocycles. The third-order valence-corrected chi connectivity index (χ3v) is 5.51. The molecule has 0 aromatic heterocycles. The van der Waals surface area contributed by atoms with Gasteiger partial charge in [0.15, 0.2) is 0 Å². The molecule has 0 bridgehead atoms. The Bertz CT molecular complexity index is 971. The Morgan fingerprint density at radius 2 is 1.80 bits per heavy atom. The summed E-state index contributed by atoms with van der Waals surface area (Å²) in [5.74, 6) is -0.0476. The van der Waals surface area contributed by atoms with E-state index in [1.54, 1.807) is 20.1 Å². The standard InChI is InChI=1S/C23H27N3O4/c1-15-5-8-18(13-16(15)2)24-20(27)14-26-21(28)23(3,25-22(26)29)12-11-17-6-9-19(30-4)10-7-17/h5-10,13H,11-12,14H2,1-4H3,(H,24,27)(H,25,29)/t23-/m0/s1. The van der Waals surface area contributed by atoms with Crippen LogP contribution in [0.15, 0.2) is 42.5 Å². The van der Waals surface area contributed by atoms with Crippen LogP contribution in [0.3, 0.4) is 0 Å². The van der Waals surface area contributed by atoms with Crippen LogP contribution in [0.5, 0.6) is 5.75 Å². The van der Waals surface area contributed by atoms with E-state index in [1.807, 2.05) is 50.2 Å². The highest BCUT2D eigenvalue weighted by molar-refractivity contribution is 6.09. The van der Waals surface area contributed by atoms with Gasteiger partial charge in [-0.2, -0.15) is 0 Å². The van der Waals surface area contributed by atoms with E-state index in [9.17, 15) is 14.4 Å². The molecule has 158 valence electrons. The zero-order chi connectivity index (χ0) is 21.9. The van der Waals surface area contributed by atoms with Gasteiger partial charge in [-0.05, 0) is 74.6 Å². The Kier molecular flexibility index (Phi) is 6.10. The quantitative estimate of drug-likeness (QED) is 0.688. The molecule has 30 heavy (non-hydrogen) atoms. The number of amides is 4. The molecular formula is C23H27N3O4. The lowest BCUT2D eigenvalue weighted by Crippen LogP contribution is -2.45. The first kappa shape index (κ1) is 21.4. The highest BCUT2D eigenvalue weighted by Crippen LogP contribution is 2.24. The van der Waals surface area contributed by atoms with Crippen molar-refractivity contribution in [3.05, 3.63) is 59.2 Å². The minimum Gasteiger partial charge on any atom is -0.497 e. The Balaban J connectivity index is 1.61. The average molecular weight is 409 g/mol. The van der Waals surface area contributed by atoms with Gasteiger partial charge >= 0.3 is 6.03 Å². The molecule has 4 amide bonds. The van der Waals surface area contributed by atoms with Crippen molar-refractivity contribution < 1.29 is 19.1 Å². The number of carbonyl (C=O) groups is 3. The van der Waals surface area contributed by atoms with E-state index in [-0.39, 0.29) is 6.54 Å². The van der Waals surface area contributed by atoms with Crippen LogP contribution in [0.4, 0.5) is 10.5 Å². The minimum atomic E-state index is -1.04. The van der Waals surface area contributed by atoms with Gasteiger partial charge in [0.2, 0.25) is 5.91 Å². The molecule has 1 saturated heterocycles. The zero-order valence-corrected chi connectivity index (χ0v) is 17.7. The molecule has 7 nitrogen and oxygen atoms in total. The molecule has 0 unspecified atom stereocenters. The Hall–Kier alpha value is -3.35. The number of hydrogen-bond donors (Lipinski definition) is 2. The first-order valence-corrected chi connectivity index (χ1v) is 9.86. The van der Waals surface area contributed by atoms with Crippen LogP contribution in [-0.4, -0.2) is 41.9 Å². The zero-order valence-electron chi connectivity index (χ0n) is 17.7. The Morgan fingerprint density at radius 3 is 2.43 bits per heavy atom. The number of nitrogens with zero attached hydrogens (tertiary/aromatic N) is 1. The third-order valence-electron chi connectivity index (χ3n) is 5.51. The van der Waals surface area contributed by atoms with Crippen molar-refractivity contribution in [3.63, 3.8) is 0 Å². The van der Waals surface area contributed by atoms with Gasteiger partial charge < -0.3 is 15.4 Å². The number of anilines is 1. The second-order valence-corrected chi connectivity index (χ2v) is 7.85. The molecule has 1 heterocycles. The summed E-state index contributed by atoms with van der Waals surface area (Å²) >= 11 is 0. The van der Waals surface area contributed by atoms with Crippen molar-refractivity contribution in [1.82, 2.24) is 10.2 Å². The summed E-state index contributed by atoms with van der Waals surface area (Å²) in [7, 11) is 1.60. The number of urea groups is 1. The van der Waals surface area contributed by atoms with Gasteiger partial charge in [-0.25, -0.2) is 4.79 Å². The van der Waals surface area contributed by atoms with Crippen molar-refractivity contribution in [2.75, 3.05) is 19.0 Å². The van der Waals surface area contributed by atoms with Crippen molar-refractivity contribution in [2.45, 2.75) is 39.2 Å². The smallest absolute Gasteiger partial charge is 0.325 e. The third kappa shape index (κ3) is 4.62. The topological polar surface area (TPSA) is 87.7 Å². The molecule has 0 saturated carbocycles. The number of carbonyl (C=O) groups excluding carboxylic acids is 3. The fourth-order valence-corrected chi connectivity index (χ4v) is 3.41. The van der Waals surface area contributed by atoms with Crippen molar-refractivity contribution in [1.29, 1.82) is 0 Å². The molecule has 1 aliphatic heterocycles. The maximum absolute atomic E-state index is 12.9. The number of ether oxygens (including phenoxy) is 1. The molecule has 7 heteroatoms. The molecule has 1 aliphatic rings. The highest BCUT2D eigenvalue weighted by atomic mass is 16.5. The lowest BCUT2D eigenvalue weighted by atomic mass is 9.93. The van der Waals surface area contributed by atoms with Gasteiger partial charge in [0.25, 0.3) is 5.91 Å². The molecule has 1 fully saturated rings. The van der Waals surface area contributed by atoms with E-state index in [0.29, 0.717) is 18.5 Å². The summed E-state index contributed by atoms with van der Waals surface area (Å²) in [6.07, 6.45) is 1.04. The predicted molar refractivity (Wildman–Crippen MR) is 115 cm³/mol. The second-order valence-electron chi connectivity index (χ2n) is 7.85. The summed E-state index contributed by atoms with van der Waals surface area (Å²) in [6.45, 7) is 5.31. The summed E-state index contributed by atoms with van der Waals surface area (Å²) in [4.78, 5) is 38.7. The number of aryl methyl sites for hydroxylation is 3. The molecule has 1 atom stereocenters. The van der Waals surface area contributed by atoms with Crippen LogP contribution in [0, 0.1) is 13.8 Å². The molecule has 0 aliphatic carbocycles. The van der Waals surface area contributed by atoms with Crippen LogP contribution < -0.4 is 15.4 Å². The number of rotatable bonds is 7. The van der Waals surface area contributed by atoms with Gasteiger partial charge in [0.05, 0.1) is 7.11 Å². The number of nitrogens with one attached hydrogen (secondary N) is 2. The monoisotopic (exact) mass is 409 g/mol. The van der Waals surface area contributed by atoms with Crippen LogP contribution in [-0.2, 0) is 16.0 Å². The number of benzene rings is 2. The van der Waals surface area contributed by atoms with E-state index in [0.717, 1.165) is 27.3 Å². The van der Waals surface area contributed by atoms with Crippen molar-refractivity contribution >= 4 is 23.5 Å². The van der Waals surface area contributed by atoms with Gasteiger partial charge in [0.1, 0.15) is 17.8 Å². The van der Waals surface area contributed by atoms with E-state index < -0.39 is 23.4 Å². The summed E-state index contributed by atoms with van der Waals surface area (Å²) < 4.78 is 5.15. The number of imide groups is 1. The van der Waals surface area contributed by atoms with Gasteiger partial charge in [0, 0.05) is 5.69 Å². The van der Waals surface area contributed by atoms with Gasteiger partial charge in [-0.3, -0.25) is 14.5 Å². The van der Waals surface area contributed by atoms with Crippen molar-refractivity contribution in [3.8, 4) is 5.75 Å². The molecule has 2 aromatic rings. The van der Waals surface area contributed by atoms with Gasteiger partial charge in [-0.15, -0.1) is 0 Å². The average Bonchev–Trinajstić information content (AvgIpc) is 2.93. The van der Waals surface area contributed by atoms with E-state index >= 15 is 0 Å². The fourth-order valence-electron chi connectivity index (χ4n) is 3.41. The second kappa shape index (κ2) is 8.57. The van der Waals surface area contributed by atoms with Crippen molar-refractivity contribution in [2.24, 2.45) is 0 Å². The summed E-state index contributed by atoms with van der Waals surface area (Å²) in [5, 5.41) is 5.49. The predicted octanol–water partition coefficient (Wildman–Crippen LogP) is 3.19. The molecule has 2 N–H and O–H groups in total. The molecule has 3 rings (SSSR count). The Morgan fingerprint density at radius 1 is 1.10 bits per heavy atom. The molecular weight excluding hydrogens is 382 g/mol. The minimum absolute atomic E-state index is 0.324. The summed E-state index contributed by atoms with van der Waals surface area (Å²) in [5.41, 5.74) is 2.80. The van der Waals surface area contributed by atoms with E-state index in [4.69, 9.17) is 4.74 Å². The van der Waals surface area contributed by atoms with E-state index in [1.165, 1.54) is 0 Å². The van der Waals surface area contributed by atoms with Crippen LogP contribution in [0.2, 0.25) is 0 Å².